The Balaban J connectivity index is 0.00000242. The number of nitrogens with zero attached hydrogens (tertiary/aromatic N) is 1. The number of hydrogen-bond donors (Lipinski definition) is 2. The zero-order valence-corrected chi connectivity index (χ0v) is 17.2. The van der Waals surface area contributed by atoms with Crippen LogP contribution in [0.15, 0.2) is 45.2 Å². The molecule has 0 amide bonds. The van der Waals surface area contributed by atoms with Gasteiger partial charge in [-0.2, -0.15) is 0 Å². The van der Waals surface area contributed by atoms with E-state index in [1.54, 1.807) is 25.5 Å². The van der Waals surface area contributed by atoms with E-state index in [4.69, 9.17) is 4.74 Å². The molecule has 0 radical (unpaired) electrons. The van der Waals surface area contributed by atoms with E-state index in [9.17, 15) is 0 Å². The maximum atomic E-state index is 5.34. The zero-order chi connectivity index (χ0) is 15.1. The molecule has 0 bridgehead atoms. The minimum Gasteiger partial charge on any atom is -0.496 e. The van der Waals surface area contributed by atoms with Crippen molar-refractivity contribution in [1.29, 1.82) is 0 Å². The summed E-state index contributed by atoms with van der Waals surface area (Å²) in [4.78, 5) is 5.48. The van der Waals surface area contributed by atoms with Gasteiger partial charge in [0.1, 0.15) is 5.75 Å². The molecular weight excluding hydrogens is 477 g/mol. The molecule has 0 aliphatic carbocycles. The van der Waals surface area contributed by atoms with Crippen LogP contribution < -0.4 is 15.4 Å². The van der Waals surface area contributed by atoms with E-state index in [1.807, 2.05) is 30.3 Å². The van der Waals surface area contributed by atoms with E-state index in [1.165, 1.54) is 4.88 Å². The number of halogens is 2. The molecule has 2 N–H and O–H groups in total. The van der Waals surface area contributed by atoms with Crippen LogP contribution in [0.1, 0.15) is 10.4 Å². The van der Waals surface area contributed by atoms with Crippen LogP contribution in [0.2, 0.25) is 0 Å². The normalized spacial score (nSPS) is 10.8. The Morgan fingerprint density at radius 1 is 1.18 bits per heavy atom. The highest BCUT2D eigenvalue weighted by atomic mass is 127. The second-order valence-corrected chi connectivity index (χ2v) is 6.84. The third-order valence-electron chi connectivity index (χ3n) is 2.92. The largest absolute Gasteiger partial charge is 0.496 e. The Bertz CT molecular complexity index is 618. The van der Waals surface area contributed by atoms with Crippen molar-refractivity contribution in [1.82, 2.24) is 10.6 Å². The fourth-order valence-corrected chi connectivity index (χ4v) is 3.29. The summed E-state index contributed by atoms with van der Waals surface area (Å²) in [7, 11) is 3.45. The number of aliphatic imine (C=N–C) groups is 1. The SMILES string of the molecule is CN=C(NCc1ccc(Br)s1)NCc1ccccc1OC.I. The van der Waals surface area contributed by atoms with Gasteiger partial charge < -0.3 is 15.4 Å². The summed E-state index contributed by atoms with van der Waals surface area (Å²) >= 11 is 5.18. The maximum absolute atomic E-state index is 5.34. The van der Waals surface area contributed by atoms with E-state index < -0.39 is 0 Å². The number of para-hydroxylation sites is 1. The van der Waals surface area contributed by atoms with Gasteiger partial charge >= 0.3 is 0 Å². The molecule has 1 heterocycles. The first-order chi connectivity index (χ1) is 10.2. The molecule has 1 aromatic heterocycles. The van der Waals surface area contributed by atoms with Crippen LogP contribution in [0.4, 0.5) is 0 Å². The second kappa shape index (κ2) is 10.1. The molecule has 0 unspecified atom stereocenters. The summed E-state index contributed by atoms with van der Waals surface area (Å²) in [6.07, 6.45) is 0. The van der Waals surface area contributed by atoms with Crippen molar-refractivity contribution in [2.24, 2.45) is 4.99 Å². The van der Waals surface area contributed by atoms with E-state index in [-0.39, 0.29) is 24.0 Å². The molecule has 22 heavy (non-hydrogen) atoms. The maximum Gasteiger partial charge on any atom is 0.191 e. The predicted molar refractivity (Wildman–Crippen MR) is 107 cm³/mol. The summed E-state index contributed by atoms with van der Waals surface area (Å²) < 4.78 is 6.47. The van der Waals surface area contributed by atoms with E-state index in [0.29, 0.717) is 6.54 Å². The van der Waals surface area contributed by atoms with Crippen LogP contribution in [-0.2, 0) is 13.1 Å². The lowest BCUT2D eigenvalue weighted by Crippen LogP contribution is -2.36. The first-order valence-corrected chi connectivity index (χ1v) is 8.14. The quantitative estimate of drug-likeness (QED) is 0.374. The smallest absolute Gasteiger partial charge is 0.191 e. The zero-order valence-electron chi connectivity index (χ0n) is 12.4. The summed E-state index contributed by atoms with van der Waals surface area (Å²) in [5.41, 5.74) is 1.10. The number of thiophene rings is 1. The molecule has 0 saturated heterocycles. The van der Waals surface area contributed by atoms with Gasteiger partial charge in [0.15, 0.2) is 5.96 Å². The standard InChI is InChI=1S/C15H18BrN3OS.HI/c1-17-15(19-10-12-7-8-14(16)21-12)18-9-11-5-3-4-6-13(11)20-2;/h3-8H,9-10H2,1-2H3,(H2,17,18,19);1H. The summed E-state index contributed by atoms with van der Waals surface area (Å²) in [6.45, 7) is 1.42. The van der Waals surface area contributed by atoms with Crippen LogP contribution in [0.5, 0.6) is 5.75 Å². The Kier molecular flexibility index (Phi) is 8.81. The van der Waals surface area contributed by atoms with Gasteiger partial charge in [-0.1, -0.05) is 18.2 Å². The number of guanidine groups is 1. The first kappa shape index (κ1) is 19.2. The average Bonchev–Trinajstić information content (AvgIpc) is 2.93. The molecule has 0 aliphatic heterocycles. The third-order valence-corrected chi connectivity index (χ3v) is 4.54. The molecule has 7 heteroatoms. The van der Waals surface area contributed by atoms with Gasteiger partial charge in [-0.25, -0.2) is 0 Å². The first-order valence-electron chi connectivity index (χ1n) is 6.53. The molecule has 0 atom stereocenters. The molecule has 1 aromatic carbocycles. The van der Waals surface area contributed by atoms with Gasteiger partial charge in [-0.3, -0.25) is 4.99 Å². The Hall–Kier alpha value is -0.800. The Labute approximate surface area is 160 Å². The summed E-state index contributed by atoms with van der Waals surface area (Å²) in [5, 5.41) is 6.58. The number of benzene rings is 1. The van der Waals surface area contributed by atoms with E-state index in [0.717, 1.165) is 27.6 Å². The van der Waals surface area contributed by atoms with Crippen LogP contribution >= 0.6 is 51.2 Å². The van der Waals surface area contributed by atoms with Crippen molar-refractivity contribution in [2.75, 3.05) is 14.2 Å². The minimum atomic E-state index is 0. The Morgan fingerprint density at radius 2 is 1.91 bits per heavy atom. The van der Waals surface area contributed by atoms with Gasteiger partial charge in [0.25, 0.3) is 0 Å². The van der Waals surface area contributed by atoms with Crippen molar-refractivity contribution in [3.05, 3.63) is 50.6 Å². The molecule has 4 nitrogen and oxygen atoms in total. The number of nitrogens with one attached hydrogen (secondary N) is 2. The molecule has 2 aromatic rings. The third kappa shape index (κ3) is 5.77. The number of methoxy groups -OCH3 is 1. The fourth-order valence-electron chi connectivity index (χ4n) is 1.87. The van der Waals surface area contributed by atoms with Gasteiger partial charge in [0.05, 0.1) is 17.4 Å². The summed E-state index contributed by atoms with van der Waals surface area (Å²) in [5.74, 6) is 1.65. The second-order valence-electron chi connectivity index (χ2n) is 4.30. The molecular formula is C15H19BrIN3OS. The van der Waals surface area contributed by atoms with Crippen molar-refractivity contribution in [2.45, 2.75) is 13.1 Å². The van der Waals surface area contributed by atoms with Gasteiger partial charge in [0.2, 0.25) is 0 Å². The van der Waals surface area contributed by atoms with Crippen molar-refractivity contribution < 1.29 is 4.74 Å². The van der Waals surface area contributed by atoms with Crippen LogP contribution in [0.3, 0.4) is 0 Å². The minimum absolute atomic E-state index is 0. The monoisotopic (exact) mass is 495 g/mol. The molecule has 0 spiro atoms. The van der Waals surface area contributed by atoms with E-state index >= 15 is 0 Å². The van der Waals surface area contributed by atoms with E-state index in [2.05, 4.69) is 37.6 Å². The number of rotatable bonds is 5. The lowest BCUT2D eigenvalue weighted by atomic mass is 10.2. The van der Waals surface area contributed by atoms with Crippen LogP contribution in [0, 0.1) is 0 Å². The van der Waals surface area contributed by atoms with Crippen LogP contribution in [-0.4, -0.2) is 20.1 Å². The fraction of sp³-hybridized carbons (Fsp3) is 0.267. The van der Waals surface area contributed by atoms with Gasteiger partial charge in [-0.15, -0.1) is 35.3 Å². The van der Waals surface area contributed by atoms with Crippen molar-refractivity contribution in [3.8, 4) is 5.75 Å². The molecule has 120 valence electrons. The molecule has 0 aliphatic rings. The van der Waals surface area contributed by atoms with Crippen molar-refractivity contribution in [3.63, 3.8) is 0 Å². The van der Waals surface area contributed by atoms with Crippen LogP contribution in [0.25, 0.3) is 0 Å². The number of ether oxygens (including phenoxy) is 1. The average molecular weight is 496 g/mol. The Morgan fingerprint density at radius 3 is 2.55 bits per heavy atom. The molecule has 0 saturated carbocycles. The lowest BCUT2D eigenvalue weighted by Gasteiger charge is -2.13. The summed E-state index contributed by atoms with van der Waals surface area (Å²) in [6, 6.07) is 12.1. The highest BCUT2D eigenvalue weighted by Crippen LogP contribution is 2.21. The van der Waals surface area contributed by atoms with Gasteiger partial charge in [0, 0.05) is 24.0 Å². The lowest BCUT2D eigenvalue weighted by molar-refractivity contribution is 0.409. The topological polar surface area (TPSA) is 45.7 Å². The molecule has 0 fully saturated rings. The highest BCUT2D eigenvalue weighted by molar-refractivity contribution is 14.0. The predicted octanol–water partition coefficient (Wildman–Crippen LogP) is 4.00. The highest BCUT2D eigenvalue weighted by Gasteiger charge is 2.04. The number of hydrogen-bond acceptors (Lipinski definition) is 3. The van der Waals surface area contributed by atoms with Gasteiger partial charge in [-0.05, 0) is 34.1 Å². The molecule has 2 rings (SSSR count). The van der Waals surface area contributed by atoms with Crippen molar-refractivity contribution >= 4 is 57.2 Å².